The lowest BCUT2D eigenvalue weighted by atomic mass is 10.1. The number of fused-ring (bicyclic) bond motifs is 1. The number of hydrogen-bond acceptors (Lipinski definition) is 9. The Kier molecular flexibility index (Phi) is 6.60. The molecule has 3 rings (SSSR count). The molecule has 0 aliphatic heterocycles. The van der Waals surface area contributed by atoms with Crippen molar-refractivity contribution in [3.63, 3.8) is 0 Å². The first kappa shape index (κ1) is 21.5. The summed E-state index contributed by atoms with van der Waals surface area (Å²) in [7, 11) is 1.23. The van der Waals surface area contributed by atoms with Gasteiger partial charge in [-0.25, -0.2) is 9.78 Å². The molecule has 1 atom stereocenters. The number of imidazole rings is 1. The Labute approximate surface area is 176 Å². The highest BCUT2D eigenvalue weighted by atomic mass is 16.5. The summed E-state index contributed by atoms with van der Waals surface area (Å²) in [6.07, 6.45) is 1.59. The van der Waals surface area contributed by atoms with Crippen LogP contribution in [-0.2, 0) is 25.5 Å². The molecule has 1 aromatic carbocycles. The van der Waals surface area contributed by atoms with Gasteiger partial charge in [-0.05, 0) is 17.7 Å². The number of rotatable bonds is 8. The van der Waals surface area contributed by atoms with Gasteiger partial charge in [-0.1, -0.05) is 12.1 Å². The first-order chi connectivity index (χ1) is 14.9. The van der Waals surface area contributed by atoms with Gasteiger partial charge in [-0.2, -0.15) is 9.97 Å². The number of phenolic OH excluding ortho intramolecular Hbond substituents is 1. The molecule has 2 aromatic heterocycles. The second-order valence-electron chi connectivity index (χ2n) is 6.55. The maximum Gasteiger partial charge on any atom is 0.328 e. The van der Waals surface area contributed by atoms with Crippen LogP contribution in [0.15, 0.2) is 30.6 Å². The number of aromatic amines is 1. The quantitative estimate of drug-likeness (QED) is 0.318. The number of anilines is 2. The topological polar surface area (TPSA) is 171 Å². The first-order valence-corrected chi connectivity index (χ1v) is 9.23. The van der Waals surface area contributed by atoms with E-state index >= 15 is 0 Å². The fraction of sp³-hybridized carbons (Fsp3) is 0.263. The lowest BCUT2D eigenvalue weighted by Gasteiger charge is -2.17. The molecular weight excluding hydrogens is 406 g/mol. The van der Waals surface area contributed by atoms with Crippen LogP contribution in [0.2, 0.25) is 0 Å². The summed E-state index contributed by atoms with van der Waals surface area (Å²) in [5, 5.41) is 17.3. The van der Waals surface area contributed by atoms with Crippen LogP contribution < -0.4 is 16.0 Å². The number of aromatic hydroxyl groups is 1. The Balaban J connectivity index is 1.68. The number of ether oxygens (including phenoxy) is 1. The van der Waals surface area contributed by atoms with Gasteiger partial charge in [0, 0.05) is 13.3 Å². The van der Waals surface area contributed by atoms with Crippen molar-refractivity contribution in [1.29, 1.82) is 0 Å². The van der Waals surface area contributed by atoms with Crippen LogP contribution >= 0.6 is 0 Å². The van der Waals surface area contributed by atoms with Crippen LogP contribution in [0.1, 0.15) is 12.5 Å². The van der Waals surface area contributed by atoms with Gasteiger partial charge in [0.15, 0.2) is 11.5 Å². The molecule has 162 valence electrons. The number of methoxy groups -OCH3 is 1. The van der Waals surface area contributed by atoms with Crippen LogP contribution in [-0.4, -0.2) is 62.5 Å². The number of esters is 1. The summed E-state index contributed by atoms with van der Waals surface area (Å²) in [5.74, 6) is -1.05. The minimum absolute atomic E-state index is 0.0368. The summed E-state index contributed by atoms with van der Waals surface area (Å²) < 4.78 is 4.77. The van der Waals surface area contributed by atoms with E-state index in [4.69, 9.17) is 4.74 Å². The van der Waals surface area contributed by atoms with Crippen LogP contribution in [0.5, 0.6) is 5.75 Å². The molecule has 12 nitrogen and oxygen atoms in total. The van der Waals surface area contributed by atoms with Gasteiger partial charge in [0.1, 0.15) is 17.3 Å². The Morgan fingerprint density at radius 3 is 2.61 bits per heavy atom. The van der Waals surface area contributed by atoms with E-state index in [0.717, 1.165) is 5.56 Å². The summed E-state index contributed by atoms with van der Waals surface area (Å²) in [6.45, 7) is 1.10. The van der Waals surface area contributed by atoms with Crippen molar-refractivity contribution in [2.24, 2.45) is 0 Å². The van der Waals surface area contributed by atoms with Crippen molar-refractivity contribution < 1.29 is 24.2 Å². The van der Waals surface area contributed by atoms with E-state index in [0.29, 0.717) is 11.2 Å². The number of aromatic nitrogens is 4. The number of nitrogens with one attached hydrogen (secondary N) is 4. The molecule has 0 spiro atoms. The highest BCUT2D eigenvalue weighted by Crippen LogP contribution is 2.18. The second kappa shape index (κ2) is 9.52. The Morgan fingerprint density at radius 1 is 1.19 bits per heavy atom. The van der Waals surface area contributed by atoms with Crippen molar-refractivity contribution in [2.75, 3.05) is 24.3 Å². The third-order valence-electron chi connectivity index (χ3n) is 4.19. The van der Waals surface area contributed by atoms with E-state index in [1.165, 1.54) is 32.5 Å². The van der Waals surface area contributed by atoms with Crippen molar-refractivity contribution >= 4 is 40.7 Å². The van der Waals surface area contributed by atoms with Crippen LogP contribution in [0, 0.1) is 0 Å². The molecule has 31 heavy (non-hydrogen) atoms. The van der Waals surface area contributed by atoms with Gasteiger partial charge < -0.3 is 25.5 Å². The smallest absolute Gasteiger partial charge is 0.328 e. The molecule has 0 saturated heterocycles. The predicted octanol–water partition coefficient (Wildman–Crippen LogP) is 0.329. The fourth-order valence-electron chi connectivity index (χ4n) is 2.79. The molecule has 2 heterocycles. The van der Waals surface area contributed by atoms with E-state index in [1.54, 1.807) is 12.1 Å². The molecule has 0 fully saturated rings. The number of amides is 2. The standard InChI is InChI=1S/C19H21N7O5/c1-10(27)23-19-25-16(15-17(26-19)22-9-21-15)20-8-14(29)24-13(18(30)31-2)7-11-3-5-12(28)6-4-11/h3-6,9,13,28H,7-8H2,1-2H3,(H,24,29)(H3,20,21,22,23,25,26,27)/t13-/m0/s1. The number of phenols is 1. The average molecular weight is 427 g/mol. The normalized spacial score (nSPS) is 11.5. The van der Waals surface area contributed by atoms with E-state index in [-0.39, 0.29) is 36.4 Å². The molecule has 12 heteroatoms. The third kappa shape index (κ3) is 5.65. The summed E-state index contributed by atoms with van der Waals surface area (Å²) in [4.78, 5) is 51.0. The molecule has 0 unspecified atom stereocenters. The predicted molar refractivity (Wildman–Crippen MR) is 110 cm³/mol. The summed E-state index contributed by atoms with van der Waals surface area (Å²) in [6, 6.07) is 5.36. The van der Waals surface area contributed by atoms with Gasteiger partial charge in [-0.15, -0.1) is 0 Å². The molecule has 0 aliphatic rings. The van der Waals surface area contributed by atoms with E-state index in [2.05, 4.69) is 35.9 Å². The molecule has 5 N–H and O–H groups in total. The Morgan fingerprint density at radius 2 is 1.94 bits per heavy atom. The number of benzene rings is 1. The van der Waals surface area contributed by atoms with E-state index < -0.39 is 17.9 Å². The van der Waals surface area contributed by atoms with Crippen LogP contribution in [0.4, 0.5) is 11.8 Å². The van der Waals surface area contributed by atoms with Gasteiger partial charge in [0.25, 0.3) is 0 Å². The zero-order chi connectivity index (χ0) is 22.4. The number of carbonyl (C=O) groups excluding carboxylic acids is 3. The van der Waals surface area contributed by atoms with Crippen LogP contribution in [0.3, 0.4) is 0 Å². The molecule has 0 aliphatic carbocycles. The van der Waals surface area contributed by atoms with Crippen molar-refractivity contribution in [3.05, 3.63) is 36.2 Å². The van der Waals surface area contributed by atoms with Crippen molar-refractivity contribution in [1.82, 2.24) is 25.3 Å². The maximum absolute atomic E-state index is 12.5. The van der Waals surface area contributed by atoms with Gasteiger partial charge in [0.05, 0.1) is 20.0 Å². The number of carbonyl (C=O) groups is 3. The number of H-pyrrole nitrogens is 1. The molecule has 3 aromatic rings. The minimum atomic E-state index is -0.920. The van der Waals surface area contributed by atoms with E-state index in [9.17, 15) is 19.5 Å². The van der Waals surface area contributed by atoms with Crippen molar-refractivity contribution in [3.8, 4) is 5.75 Å². The maximum atomic E-state index is 12.5. The van der Waals surface area contributed by atoms with Gasteiger partial charge in [0.2, 0.25) is 17.8 Å². The lowest BCUT2D eigenvalue weighted by molar-refractivity contribution is -0.144. The van der Waals surface area contributed by atoms with Crippen LogP contribution in [0.25, 0.3) is 11.2 Å². The molecule has 0 saturated carbocycles. The highest BCUT2D eigenvalue weighted by Gasteiger charge is 2.22. The second-order valence-corrected chi connectivity index (χ2v) is 6.55. The highest BCUT2D eigenvalue weighted by molar-refractivity contribution is 5.91. The van der Waals surface area contributed by atoms with Gasteiger partial charge >= 0.3 is 5.97 Å². The average Bonchev–Trinajstić information content (AvgIpc) is 3.20. The largest absolute Gasteiger partial charge is 0.508 e. The van der Waals surface area contributed by atoms with Gasteiger partial charge in [-0.3, -0.25) is 14.9 Å². The summed E-state index contributed by atoms with van der Waals surface area (Å²) in [5.41, 5.74) is 1.49. The van der Waals surface area contributed by atoms with E-state index in [1.807, 2.05) is 0 Å². The fourth-order valence-corrected chi connectivity index (χ4v) is 2.79. The zero-order valence-electron chi connectivity index (χ0n) is 16.8. The lowest BCUT2D eigenvalue weighted by Crippen LogP contribution is -2.45. The summed E-state index contributed by atoms with van der Waals surface area (Å²) >= 11 is 0. The number of hydrogen-bond donors (Lipinski definition) is 5. The Hall–Kier alpha value is -4.22. The SMILES string of the molecule is COC(=O)[C@H](Cc1ccc(O)cc1)NC(=O)CNc1nc(NC(C)=O)nc2nc[nH]c12. The molecule has 2 amide bonds. The molecular formula is C19H21N7O5. The third-order valence-corrected chi connectivity index (χ3v) is 4.19. The zero-order valence-corrected chi connectivity index (χ0v) is 16.8. The van der Waals surface area contributed by atoms with Crippen molar-refractivity contribution in [2.45, 2.75) is 19.4 Å². The minimum Gasteiger partial charge on any atom is -0.508 e. The first-order valence-electron chi connectivity index (χ1n) is 9.23. The molecule has 0 radical (unpaired) electrons. The number of nitrogens with zero attached hydrogens (tertiary/aromatic N) is 3. The monoisotopic (exact) mass is 427 g/mol. The molecule has 0 bridgehead atoms. The Bertz CT molecular complexity index is 1100.